The van der Waals surface area contributed by atoms with Gasteiger partial charge < -0.3 is 9.32 Å². The quantitative estimate of drug-likeness (QED) is 0.686. The number of para-hydroxylation sites is 1. The zero-order valence-corrected chi connectivity index (χ0v) is 14.1. The van der Waals surface area contributed by atoms with E-state index in [9.17, 15) is 4.79 Å². The Morgan fingerprint density at radius 1 is 1.30 bits per heavy atom. The van der Waals surface area contributed by atoms with Crippen LogP contribution in [0.15, 0.2) is 58.2 Å². The summed E-state index contributed by atoms with van der Waals surface area (Å²) in [5.41, 5.74) is 0.980. The van der Waals surface area contributed by atoms with Gasteiger partial charge in [0.25, 0.3) is 5.91 Å². The van der Waals surface area contributed by atoms with Gasteiger partial charge in [0.2, 0.25) is 0 Å². The van der Waals surface area contributed by atoms with Gasteiger partial charge in [-0.25, -0.2) is 4.98 Å². The highest BCUT2D eigenvalue weighted by atomic mass is 32.2. The molecular formula is C17H14N2O2S2. The molecule has 0 N–H and O–H groups in total. The first-order valence-electron chi connectivity index (χ1n) is 7.29. The summed E-state index contributed by atoms with van der Waals surface area (Å²) in [6.45, 7) is 2.84. The van der Waals surface area contributed by atoms with E-state index in [0.717, 1.165) is 15.6 Å². The Labute approximate surface area is 142 Å². The number of fused-ring (bicyclic) bond motifs is 1. The van der Waals surface area contributed by atoms with Crippen molar-refractivity contribution in [3.63, 3.8) is 0 Å². The molecule has 6 heteroatoms. The van der Waals surface area contributed by atoms with Gasteiger partial charge in [-0.2, -0.15) is 0 Å². The molecule has 4 nitrogen and oxygen atoms in total. The molecule has 0 bridgehead atoms. The van der Waals surface area contributed by atoms with E-state index in [0.29, 0.717) is 22.4 Å². The summed E-state index contributed by atoms with van der Waals surface area (Å²) in [6, 6.07) is 11.7. The van der Waals surface area contributed by atoms with Gasteiger partial charge >= 0.3 is 0 Å². The van der Waals surface area contributed by atoms with E-state index in [2.05, 4.69) is 18.0 Å². The minimum Gasteiger partial charge on any atom is -0.462 e. The Morgan fingerprint density at radius 2 is 2.17 bits per heavy atom. The van der Waals surface area contributed by atoms with Crippen molar-refractivity contribution in [2.45, 2.75) is 17.1 Å². The average Bonchev–Trinajstić information content (AvgIpc) is 3.24. The fourth-order valence-electron chi connectivity index (χ4n) is 2.60. The van der Waals surface area contributed by atoms with Gasteiger partial charge in [-0.3, -0.25) is 4.79 Å². The first-order valence-corrected chi connectivity index (χ1v) is 8.99. The summed E-state index contributed by atoms with van der Waals surface area (Å²) in [5.74, 6) is 0.692. The number of nitrogens with zero attached hydrogens (tertiary/aromatic N) is 2. The first-order chi connectivity index (χ1) is 11.2. The molecule has 0 radical (unpaired) electrons. The summed E-state index contributed by atoms with van der Waals surface area (Å²) in [6.07, 6.45) is 3.25. The van der Waals surface area contributed by atoms with Crippen molar-refractivity contribution in [1.82, 2.24) is 4.98 Å². The van der Waals surface area contributed by atoms with Crippen LogP contribution in [0.4, 0.5) is 5.69 Å². The lowest BCUT2D eigenvalue weighted by Gasteiger charge is -2.32. The lowest BCUT2D eigenvalue weighted by Crippen LogP contribution is -2.38. The molecule has 1 amide bonds. The molecule has 0 spiro atoms. The van der Waals surface area contributed by atoms with Crippen molar-refractivity contribution in [3.8, 4) is 10.8 Å². The number of thioether (sulfide) groups is 1. The highest BCUT2D eigenvalue weighted by molar-refractivity contribution is 8.00. The maximum Gasteiger partial charge on any atom is 0.270 e. The number of hydrogen-bond acceptors (Lipinski definition) is 5. The predicted octanol–water partition coefficient (Wildman–Crippen LogP) is 4.54. The van der Waals surface area contributed by atoms with Gasteiger partial charge in [-0.15, -0.1) is 23.1 Å². The Hall–Kier alpha value is -2.05. The van der Waals surface area contributed by atoms with Gasteiger partial charge in [-0.1, -0.05) is 19.1 Å². The van der Waals surface area contributed by atoms with Gasteiger partial charge in [0.15, 0.2) is 10.8 Å². The molecule has 1 aromatic carbocycles. The van der Waals surface area contributed by atoms with E-state index in [-0.39, 0.29) is 5.91 Å². The summed E-state index contributed by atoms with van der Waals surface area (Å²) in [4.78, 5) is 20.9. The number of amides is 1. The first kappa shape index (κ1) is 14.5. The second kappa shape index (κ2) is 5.86. The SMILES string of the molecule is CC1CN(C(=O)c2cnc(-c3ccco3)s2)c2ccccc2S1. The molecule has 4 rings (SSSR count). The van der Waals surface area contributed by atoms with Gasteiger partial charge in [0.1, 0.15) is 4.88 Å². The molecule has 0 aliphatic carbocycles. The van der Waals surface area contributed by atoms with Crippen LogP contribution in [0.2, 0.25) is 0 Å². The van der Waals surface area contributed by atoms with Crippen LogP contribution >= 0.6 is 23.1 Å². The van der Waals surface area contributed by atoms with E-state index in [1.165, 1.54) is 11.3 Å². The third kappa shape index (κ3) is 2.68. The lowest BCUT2D eigenvalue weighted by atomic mass is 10.2. The van der Waals surface area contributed by atoms with Crippen molar-refractivity contribution >= 4 is 34.7 Å². The van der Waals surface area contributed by atoms with Crippen LogP contribution < -0.4 is 4.90 Å². The maximum absolute atomic E-state index is 12.9. The van der Waals surface area contributed by atoms with Gasteiger partial charge in [-0.05, 0) is 24.3 Å². The molecule has 0 fully saturated rings. The Kier molecular flexibility index (Phi) is 3.71. The van der Waals surface area contributed by atoms with Crippen LogP contribution in [0.3, 0.4) is 0 Å². The minimum absolute atomic E-state index is 0.0000869. The smallest absolute Gasteiger partial charge is 0.270 e. The van der Waals surface area contributed by atoms with Gasteiger partial charge in [0.05, 0.1) is 18.1 Å². The van der Waals surface area contributed by atoms with E-state index < -0.39 is 0 Å². The molecule has 116 valence electrons. The van der Waals surface area contributed by atoms with Crippen molar-refractivity contribution in [3.05, 3.63) is 53.7 Å². The van der Waals surface area contributed by atoms with Crippen molar-refractivity contribution in [2.24, 2.45) is 0 Å². The van der Waals surface area contributed by atoms with Crippen LogP contribution in [-0.2, 0) is 0 Å². The van der Waals surface area contributed by atoms with Crippen molar-refractivity contribution in [1.29, 1.82) is 0 Å². The number of anilines is 1. The Balaban J connectivity index is 1.67. The summed E-state index contributed by atoms with van der Waals surface area (Å²) in [7, 11) is 0. The second-order valence-corrected chi connectivity index (χ2v) is 7.83. The fourth-order valence-corrected chi connectivity index (χ4v) is 4.55. The van der Waals surface area contributed by atoms with Crippen molar-refractivity contribution < 1.29 is 9.21 Å². The number of rotatable bonds is 2. The number of thiazole rings is 1. The van der Waals surface area contributed by atoms with E-state index >= 15 is 0 Å². The number of carbonyl (C=O) groups excluding carboxylic acids is 1. The molecule has 0 saturated carbocycles. The molecule has 1 unspecified atom stereocenters. The number of hydrogen-bond donors (Lipinski definition) is 0. The molecule has 3 aromatic rings. The lowest BCUT2D eigenvalue weighted by molar-refractivity contribution is 0.0990. The average molecular weight is 342 g/mol. The molecule has 0 saturated heterocycles. The number of benzene rings is 1. The number of furan rings is 1. The molecule has 1 aliphatic rings. The highest BCUT2D eigenvalue weighted by Gasteiger charge is 2.28. The van der Waals surface area contributed by atoms with Crippen LogP contribution in [0.25, 0.3) is 10.8 Å². The third-order valence-corrected chi connectivity index (χ3v) is 5.77. The standard InChI is InChI=1S/C17H14N2O2S2/c1-11-10-19(12-5-2-3-7-14(12)22-11)17(20)15-9-18-16(23-15)13-6-4-8-21-13/h2-9,11H,10H2,1H3. The maximum atomic E-state index is 12.9. The van der Waals surface area contributed by atoms with Crippen LogP contribution in [0.5, 0.6) is 0 Å². The van der Waals surface area contributed by atoms with Crippen LogP contribution in [0.1, 0.15) is 16.6 Å². The second-order valence-electron chi connectivity index (χ2n) is 5.32. The summed E-state index contributed by atoms with van der Waals surface area (Å²) >= 11 is 3.18. The van der Waals surface area contributed by atoms with Crippen molar-refractivity contribution in [2.75, 3.05) is 11.4 Å². The summed E-state index contributed by atoms with van der Waals surface area (Å²) < 4.78 is 5.35. The molecule has 23 heavy (non-hydrogen) atoms. The molecule has 3 heterocycles. The van der Waals surface area contributed by atoms with E-state index in [4.69, 9.17) is 4.42 Å². The number of carbonyl (C=O) groups is 1. The largest absolute Gasteiger partial charge is 0.462 e. The summed E-state index contributed by atoms with van der Waals surface area (Å²) in [5, 5.41) is 1.09. The molecular weight excluding hydrogens is 328 g/mol. The molecule has 2 aromatic heterocycles. The Morgan fingerprint density at radius 3 is 3.00 bits per heavy atom. The third-order valence-electron chi connectivity index (χ3n) is 3.62. The topological polar surface area (TPSA) is 46.3 Å². The van der Waals surface area contributed by atoms with Crippen LogP contribution in [-0.4, -0.2) is 22.7 Å². The predicted molar refractivity (Wildman–Crippen MR) is 93.3 cm³/mol. The zero-order chi connectivity index (χ0) is 15.8. The molecule has 1 aliphatic heterocycles. The van der Waals surface area contributed by atoms with Crippen LogP contribution in [0, 0.1) is 0 Å². The monoisotopic (exact) mass is 342 g/mol. The normalized spacial score (nSPS) is 17.1. The molecule has 1 atom stereocenters. The zero-order valence-electron chi connectivity index (χ0n) is 12.4. The number of aromatic nitrogens is 1. The Bertz CT molecular complexity index is 842. The van der Waals surface area contributed by atoms with Gasteiger partial charge in [0, 0.05) is 16.7 Å². The van der Waals surface area contributed by atoms with E-state index in [1.54, 1.807) is 12.5 Å². The highest BCUT2D eigenvalue weighted by Crippen LogP contribution is 2.39. The minimum atomic E-state index is -0.0000869. The fraction of sp³-hybridized carbons (Fsp3) is 0.176. The van der Waals surface area contributed by atoms with E-state index in [1.807, 2.05) is 47.0 Å².